The van der Waals surface area contributed by atoms with Gasteiger partial charge in [-0.25, -0.2) is 0 Å². The lowest BCUT2D eigenvalue weighted by molar-refractivity contribution is -0.146. The van der Waals surface area contributed by atoms with Crippen LogP contribution in [0.2, 0.25) is 5.02 Å². The molecule has 1 N–H and O–H groups in total. The first-order valence-corrected chi connectivity index (χ1v) is 9.29. The van der Waals surface area contributed by atoms with Gasteiger partial charge in [0.25, 0.3) is 0 Å². The lowest BCUT2D eigenvalue weighted by Gasteiger charge is -2.09. The molecule has 0 aromatic heterocycles. The molecule has 1 fully saturated rings. The smallest absolute Gasteiger partial charge is 0.311 e. The van der Waals surface area contributed by atoms with E-state index in [-0.39, 0.29) is 18.3 Å². The average Bonchev–Trinajstić information content (AvgIpc) is 3.32. The van der Waals surface area contributed by atoms with Crippen molar-refractivity contribution >= 4 is 34.9 Å². The van der Waals surface area contributed by atoms with E-state index in [0.717, 1.165) is 0 Å². The van der Waals surface area contributed by atoms with Crippen molar-refractivity contribution in [1.29, 1.82) is 0 Å². The predicted octanol–water partition coefficient (Wildman–Crippen LogP) is 3.23. The molecule has 4 rings (SSSR count). The zero-order chi connectivity index (χ0) is 20.1. The molecule has 7 heteroatoms. The van der Waals surface area contributed by atoms with Crippen LogP contribution in [-0.2, 0) is 19.7 Å². The molecule has 1 amide bonds. The molecule has 28 heavy (non-hydrogen) atoms. The van der Waals surface area contributed by atoms with E-state index in [2.05, 4.69) is 5.32 Å². The van der Waals surface area contributed by atoms with E-state index in [1.807, 2.05) is 0 Å². The number of fused-ring (bicyclic) bond motifs is 2. The molecule has 1 saturated carbocycles. The fourth-order valence-corrected chi connectivity index (χ4v) is 4.34. The second-order valence-electron chi connectivity index (χ2n) is 6.81. The molecule has 1 aliphatic heterocycles. The van der Waals surface area contributed by atoms with Crippen molar-refractivity contribution in [3.8, 4) is 5.75 Å². The van der Waals surface area contributed by atoms with Crippen LogP contribution in [0.3, 0.4) is 0 Å². The number of ketones is 1. The number of hydrogen-bond donors (Lipinski definition) is 1. The van der Waals surface area contributed by atoms with E-state index in [0.29, 0.717) is 27.6 Å². The first kappa shape index (κ1) is 18.5. The second-order valence-corrected chi connectivity index (χ2v) is 7.25. The average molecular weight is 400 g/mol. The van der Waals surface area contributed by atoms with Gasteiger partial charge in [0.1, 0.15) is 11.2 Å². The van der Waals surface area contributed by atoms with Crippen molar-refractivity contribution in [2.24, 2.45) is 11.8 Å². The van der Waals surface area contributed by atoms with Crippen LogP contribution in [0.1, 0.15) is 22.8 Å². The van der Waals surface area contributed by atoms with Crippen molar-refractivity contribution in [3.63, 3.8) is 0 Å². The Labute approximate surface area is 166 Å². The largest absolute Gasteiger partial charge is 0.497 e. The van der Waals surface area contributed by atoms with E-state index in [4.69, 9.17) is 21.1 Å². The molecule has 1 aliphatic carbocycles. The SMILES string of the molecule is CCOC(=O)[C@H]1C(C(=O)c2ccc(OC)cc2)C12C(=O)Nc1ccc(Cl)cc12. The molecule has 144 valence electrons. The van der Waals surface area contributed by atoms with Gasteiger partial charge in [-0.15, -0.1) is 0 Å². The normalized spacial score (nSPS) is 24.5. The van der Waals surface area contributed by atoms with Gasteiger partial charge < -0.3 is 14.8 Å². The summed E-state index contributed by atoms with van der Waals surface area (Å²) in [5.41, 5.74) is 0.243. The van der Waals surface area contributed by atoms with E-state index in [1.165, 1.54) is 7.11 Å². The van der Waals surface area contributed by atoms with Crippen molar-refractivity contribution in [2.45, 2.75) is 12.3 Å². The monoisotopic (exact) mass is 399 g/mol. The maximum atomic E-state index is 13.3. The molecule has 6 nitrogen and oxygen atoms in total. The third kappa shape index (κ3) is 2.52. The van der Waals surface area contributed by atoms with Gasteiger partial charge in [0.15, 0.2) is 5.78 Å². The van der Waals surface area contributed by atoms with Crippen LogP contribution in [0.25, 0.3) is 0 Å². The molecule has 3 atom stereocenters. The minimum absolute atomic E-state index is 0.166. The van der Waals surface area contributed by atoms with Gasteiger partial charge in [0, 0.05) is 16.3 Å². The molecular weight excluding hydrogens is 382 g/mol. The standard InChI is InChI=1S/C21H18ClNO5/c1-3-28-19(25)17-16(18(24)11-4-7-13(27-2)8-5-11)21(17)14-10-12(22)6-9-15(14)23-20(21)26/h4-10,16-17H,3H2,1-2H3,(H,23,26)/t16?,17-,21?/m1/s1. The van der Waals surface area contributed by atoms with Gasteiger partial charge in [-0.3, -0.25) is 14.4 Å². The molecule has 0 saturated heterocycles. The number of carbonyl (C=O) groups excluding carboxylic acids is 3. The quantitative estimate of drug-likeness (QED) is 0.616. The lowest BCUT2D eigenvalue weighted by atomic mass is 9.91. The number of rotatable bonds is 5. The third-order valence-corrected chi connectivity index (χ3v) is 5.69. The third-order valence-electron chi connectivity index (χ3n) is 5.45. The number of ether oxygens (including phenoxy) is 2. The van der Waals surface area contributed by atoms with Crippen LogP contribution in [0.5, 0.6) is 5.75 Å². The molecule has 2 aromatic carbocycles. The molecule has 2 unspecified atom stereocenters. The molecule has 0 bridgehead atoms. The Kier molecular flexibility index (Phi) is 4.38. The van der Waals surface area contributed by atoms with Gasteiger partial charge in [-0.1, -0.05) is 11.6 Å². The van der Waals surface area contributed by atoms with E-state index in [1.54, 1.807) is 49.4 Å². The summed E-state index contributed by atoms with van der Waals surface area (Å²) >= 11 is 6.14. The van der Waals surface area contributed by atoms with E-state index < -0.39 is 23.2 Å². The number of esters is 1. The van der Waals surface area contributed by atoms with Crippen LogP contribution < -0.4 is 10.1 Å². The highest BCUT2D eigenvalue weighted by molar-refractivity contribution is 6.31. The summed E-state index contributed by atoms with van der Waals surface area (Å²) in [6.07, 6.45) is 0. The summed E-state index contributed by atoms with van der Waals surface area (Å²) in [5.74, 6) is -2.35. The van der Waals surface area contributed by atoms with Crippen molar-refractivity contribution in [3.05, 3.63) is 58.6 Å². The van der Waals surface area contributed by atoms with Crippen LogP contribution in [-0.4, -0.2) is 31.4 Å². The van der Waals surface area contributed by atoms with Gasteiger partial charge in [0.05, 0.1) is 25.6 Å². The number of halogens is 1. The topological polar surface area (TPSA) is 81.7 Å². The van der Waals surface area contributed by atoms with Gasteiger partial charge in [-0.2, -0.15) is 0 Å². The minimum atomic E-state index is -1.29. The highest BCUT2D eigenvalue weighted by Gasteiger charge is 2.79. The molecule has 1 heterocycles. The molecule has 2 aliphatic rings. The summed E-state index contributed by atoms with van der Waals surface area (Å²) in [4.78, 5) is 38.9. The Hall–Kier alpha value is -2.86. The fourth-order valence-electron chi connectivity index (χ4n) is 4.17. The van der Waals surface area contributed by atoms with Crippen molar-refractivity contribution < 1.29 is 23.9 Å². The zero-order valence-corrected chi connectivity index (χ0v) is 16.1. The second kappa shape index (κ2) is 6.63. The number of carbonyl (C=O) groups is 3. The number of methoxy groups -OCH3 is 1. The number of Topliss-reactive ketones (excluding diaryl/α,β-unsaturated/α-hetero) is 1. The Bertz CT molecular complexity index is 987. The Morgan fingerprint density at radius 2 is 1.86 bits per heavy atom. The van der Waals surface area contributed by atoms with Gasteiger partial charge in [0.2, 0.25) is 5.91 Å². The summed E-state index contributed by atoms with van der Waals surface area (Å²) in [7, 11) is 1.53. The molecular formula is C21H18ClNO5. The first-order chi connectivity index (χ1) is 13.4. The van der Waals surface area contributed by atoms with Crippen LogP contribution >= 0.6 is 11.6 Å². The summed E-state index contributed by atoms with van der Waals surface area (Å²) < 4.78 is 10.3. The van der Waals surface area contributed by atoms with E-state index >= 15 is 0 Å². The summed E-state index contributed by atoms with van der Waals surface area (Å²) in [6, 6.07) is 11.6. The number of anilines is 1. The highest BCUT2D eigenvalue weighted by atomic mass is 35.5. The summed E-state index contributed by atoms with van der Waals surface area (Å²) in [6.45, 7) is 1.85. The number of amides is 1. The molecule has 0 radical (unpaired) electrons. The zero-order valence-electron chi connectivity index (χ0n) is 15.3. The molecule has 2 aromatic rings. The number of hydrogen-bond acceptors (Lipinski definition) is 5. The number of benzene rings is 2. The Balaban J connectivity index is 1.79. The van der Waals surface area contributed by atoms with Crippen LogP contribution in [0, 0.1) is 11.8 Å². The van der Waals surface area contributed by atoms with Gasteiger partial charge in [-0.05, 0) is 55.0 Å². The van der Waals surface area contributed by atoms with Gasteiger partial charge >= 0.3 is 5.97 Å². The van der Waals surface area contributed by atoms with Crippen LogP contribution in [0.15, 0.2) is 42.5 Å². The Morgan fingerprint density at radius 3 is 2.50 bits per heavy atom. The van der Waals surface area contributed by atoms with Crippen molar-refractivity contribution in [2.75, 3.05) is 19.0 Å². The maximum Gasteiger partial charge on any atom is 0.311 e. The lowest BCUT2D eigenvalue weighted by Crippen LogP contribution is -2.26. The van der Waals surface area contributed by atoms with E-state index in [9.17, 15) is 14.4 Å². The van der Waals surface area contributed by atoms with Crippen molar-refractivity contribution in [1.82, 2.24) is 0 Å². The molecule has 1 spiro atoms. The summed E-state index contributed by atoms with van der Waals surface area (Å²) in [5, 5.41) is 3.21. The highest BCUT2D eigenvalue weighted by Crippen LogP contribution is 2.66. The number of nitrogens with one attached hydrogen (secondary N) is 1. The first-order valence-electron chi connectivity index (χ1n) is 8.91. The predicted molar refractivity (Wildman–Crippen MR) is 103 cm³/mol. The maximum absolute atomic E-state index is 13.3. The van der Waals surface area contributed by atoms with Crippen LogP contribution in [0.4, 0.5) is 5.69 Å². The Morgan fingerprint density at radius 1 is 1.14 bits per heavy atom. The fraction of sp³-hybridized carbons (Fsp3) is 0.286. The minimum Gasteiger partial charge on any atom is -0.497 e.